The summed E-state index contributed by atoms with van der Waals surface area (Å²) in [7, 11) is -4.14. The van der Waals surface area contributed by atoms with Gasteiger partial charge in [-0.15, -0.1) is 0 Å². The van der Waals surface area contributed by atoms with E-state index in [1.165, 1.54) is 6.07 Å². The van der Waals surface area contributed by atoms with Gasteiger partial charge in [-0.25, -0.2) is 0 Å². The van der Waals surface area contributed by atoms with Crippen LogP contribution in [0.1, 0.15) is 12.0 Å². The van der Waals surface area contributed by atoms with Crippen molar-refractivity contribution in [3.63, 3.8) is 0 Å². The van der Waals surface area contributed by atoms with E-state index >= 15 is 0 Å². The average Bonchev–Trinajstić information content (AvgIpc) is 2.17. The molecular formula is C10H12O3S2. The standard InChI is InChI=1S/C10H12O3S2/c11-15(12,13)10-7-2-1-5-9(10)6-3-4-8-14/h1-3,5-7,14H,4,8H2,(H,11,12,13). The second kappa shape index (κ2) is 5.34. The summed E-state index contributed by atoms with van der Waals surface area (Å²) in [6.45, 7) is 0. The lowest BCUT2D eigenvalue weighted by Gasteiger charge is -2.01. The smallest absolute Gasteiger partial charge is 0.282 e. The fourth-order valence-corrected chi connectivity index (χ4v) is 1.97. The van der Waals surface area contributed by atoms with Gasteiger partial charge in [0.25, 0.3) is 10.1 Å². The lowest BCUT2D eigenvalue weighted by molar-refractivity contribution is 0.483. The summed E-state index contributed by atoms with van der Waals surface area (Å²) in [5.74, 6) is 0.699. The molecule has 0 aliphatic rings. The summed E-state index contributed by atoms with van der Waals surface area (Å²) in [5.41, 5.74) is 0.488. The van der Waals surface area contributed by atoms with Crippen LogP contribution in [0.2, 0.25) is 0 Å². The minimum Gasteiger partial charge on any atom is -0.282 e. The van der Waals surface area contributed by atoms with Crippen molar-refractivity contribution in [2.45, 2.75) is 11.3 Å². The average molecular weight is 244 g/mol. The highest BCUT2D eigenvalue weighted by atomic mass is 32.2. The van der Waals surface area contributed by atoms with Gasteiger partial charge in [0.1, 0.15) is 4.90 Å². The Bertz CT molecular complexity index is 449. The number of benzene rings is 1. The van der Waals surface area contributed by atoms with Crippen molar-refractivity contribution in [2.24, 2.45) is 0 Å². The van der Waals surface area contributed by atoms with Gasteiger partial charge in [0, 0.05) is 0 Å². The SMILES string of the molecule is O=S(=O)(O)c1ccccc1C=CCCS. The fraction of sp³-hybridized carbons (Fsp3) is 0.200. The Labute approximate surface area is 95.0 Å². The monoisotopic (exact) mass is 244 g/mol. The zero-order valence-electron chi connectivity index (χ0n) is 8.00. The lowest BCUT2D eigenvalue weighted by atomic mass is 10.2. The van der Waals surface area contributed by atoms with Gasteiger partial charge >= 0.3 is 0 Å². The van der Waals surface area contributed by atoms with Crippen LogP contribution in [0, 0.1) is 0 Å². The van der Waals surface area contributed by atoms with Crippen LogP contribution in [0.3, 0.4) is 0 Å². The molecule has 82 valence electrons. The van der Waals surface area contributed by atoms with E-state index in [9.17, 15) is 8.42 Å². The Morgan fingerprint density at radius 1 is 1.33 bits per heavy atom. The highest BCUT2D eigenvalue weighted by Gasteiger charge is 2.12. The number of rotatable bonds is 4. The van der Waals surface area contributed by atoms with Crippen LogP contribution >= 0.6 is 12.6 Å². The van der Waals surface area contributed by atoms with Crippen molar-refractivity contribution in [3.8, 4) is 0 Å². The summed E-state index contributed by atoms with van der Waals surface area (Å²) < 4.78 is 30.9. The molecule has 1 aromatic carbocycles. The molecule has 0 saturated carbocycles. The van der Waals surface area contributed by atoms with Gasteiger partial charge in [0.15, 0.2) is 0 Å². The first-order valence-electron chi connectivity index (χ1n) is 4.39. The van der Waals surface area contributed by atoms with Gasteiger partial charge < -0.3 is 0 Å². The molecule has 0 unspecified atom stereocenters. The van der Waals surface area contributed by atoms with Crippen LogP contribution in [0.15, 0.2) is 35.2 Å². The van der Waals surface area contributed by atoms with E-state index in [1.54, 1.807) is 24.3 Å². The molecule has 1 aromatic rings. The maximum absolute atomic E-state index is 11.0. The molecule has 1 N–H and O–H groups in total. The molecule has 0 bridgehead atoms. The Hall–Kier alpha value is -0.780. The molecule has 0 saturated heterocycles. The summed E-state index contributed by atoms with van der Waals surface area (Å²) in [6, 6.07) is 6.29. The van der Waals surface area contributed by atoms with E-state index in [0.29, 0.717) is 11.3 Å². The van der Waals surface area contributed by atoms with Crippen molar-refractivity contribution in [1.29, 1.82) is 0 Å². The molecule has 0 amide bonds. The van der Waals surface area contributed by atoms with Crippen LogP contribution in [-0.4, -0.2) is 18.7 Å². The van der Waals surface area contributed by atoms with Crippen LogP contribution in [-0.2, 0) is 10.1 Å². The summed E-state index contributed by atoms with van der Waals surface area (Å²) >= 11 is 4.03. The third-order valence-electron chi connectivity index (χ3n) is 1.79. The Morgan fingerprint density at radius 3 is 2.60 bits per heavy atom. The molecule has 0 aliphatic carbocycles. The summed E-state index contributed by atoms with van der Waals surface area (Å²) in [4.78, 5) is -0.0691. The van der Waals surface area contributed by atoms with E-state index in [1.807, 2.05) is 6.08 Å². The first kappa shape index (κ1) is 12.3. The quantitative estimate of drug-likeness (QED) is 0.631. The zero-order valence-corrected chi connectivity index (χ0v) is 9.71. The maximum atomic E-state index is 11.0. The fourth-order valence-electron chi connectivity index (χ4n) is 1.14. The largest absolute Gasteiger partial charge is 0.295 e. The molecule has 1 rings (SSSR count). The van der Waals surface area contributed by atoms with Gasteiger partial charge in [-0.2, -0.15) is 21.0 Å². The molecule has 5 heteroatoms. The van der Waals surface area contributed by atoms with Gasteiger partial charge in [0.2, 0.25) is 0 Å². The van der Waals surface area contributed by atoms with Crippen LogP contribution in [0.5, 0.6) is 0 Å². The van der Waals surface area contributed by atoms with Gasteiger partial charge in [0.05, 0.1) is 0 Å². The molecule has 0 heterocycles. The number of thiol groups is 1. The Morgan fingerprint density at radius 2 is 2.00 bits per heavy atom. The molecule has 0 fully saturated rings. The lowest BCUT2D eigenvalue weighted by Crippen LogP contribution is -2.00. The summed E-state index contributed by atoms with van der Waals surface area (Å²) in [6.07, 6.45) is 4.24. The molecule has 0 aliphatic heterocycles. The minimum absolute atomic E-state index is 0.0691. The highest BCUT2D eigenvalue weighted by molar-refractivity contribution is 7.86. The van der Waals surface area contributed by atoms with Crippen LogP contribution in [0.25, 0.3) is 6.08 Å². The van der Waals surface area contributed by atoms with E-state index in [2.05, 4.69) is 12.6 Å². The van der Waals surface area contributed by atoms with E-state index < -0.39 is 10.1 Å². The third kappa shape index (κ3) is 3.70. The highest BCUT2D eigenvalue weighted by Crippen LogP contribution is 2.16. The normalized spacial score (nSPS) is 12.1. The Kier molecular flexibility index (Phi) is 4.38. The van der Waals surface area contributed by atoms with Gasteiger partial charge in [-0.05, 0) is 23.8 Å². The molecule has 0 radical (unpaired) electrons. The topological polar surface area (TPSA) is 54.4 Å². The first-order chi connectivity index (χ1) is 7.05. The van der Waals surface area contributed by atoms with E-state index in [0.717, 1.165) is 6.42 Å². The zero-order chi connectivity index (χ0) is 11.3. The molecule has 0 atom stereocenters. The molecule has 0 spiro atoms. The molecule has 15 heavy (non-hydrogen) atoms. The van der Waals surface area contributed by atoms with Crippen molar-refractivity contribution < 1.29 is 13.0 Å². The number of allylic oxidation sites excluding steroid dienone is 1. The first-order valence-corrected chi connectivity index (χ1v) is 6.47. The number of hydrogen-bond donors (Lipinski definition) is 2. The molecule has 3 nitrogen and oxygen atoms in total. The number of hydrogen-bond acceptors (Lipinski definition) is 3. The molecule has 0 aromatic heterocycles. The van der Waals surface area contributed by atoms with Crippen molar-refractivity contribution in [3.05, 3.63) is 35.9 Å². The van der Waals surface area contributed by atoms with Gasteiger partial charge in [-0.1, -0.05) is 30.4 Å². The van der Waals surface area contributed by atoms with Crippen molar-refractivity contribution in [1.82, 2.24) is 0 Å². The Balaban J connectivity index is 3.08. The second-order valence-corrected chi connectivity index (χ2v) is 4.76. The third-order valence-corrected chi connectivity index (χ3v) is 2.98. The maximum Gasteiger partial charge on any atom is 0.295 e. The van der Waals surface area contributed by atoms with Crippen LogP contribution in [0.4, 0.5) is 0 Å². The van der Waals surface area contributed by atoms with Crippen LogP contribution < -0.4 is 0 Å². The van der Waals surface area contributed by atoms with Gasteiger partial charge in [-0.3, -0.25) is 4.55 Å². The van der Waals surface area contributed by atoms with E-state index in [-0.39, 0.29) is 4.90 Å². The summed E-state index contributed by atoms with van der Waals surface area (Å²) in [5, 5.41) is 0. The van der Waals surface area contributed by atoms with Crippen molar-refractivity contribution in [2.75, 3.05) is 5.75 Å². The second-order valence-electron chi connectivity index (χ2n) is 2.93. The minimum atomic E-state index is -4.14. The predicted octanol–water partition coefficient (Wildman–Crippen LogP) is 2.27. The van der Waals surface area contributed by atoms with E-state index in [4.69, 9.17) is 4.55 Å². The predicted molar refractivity (Wildman–Crippen MR) is 63.8 cm³/mol. The van der Waals surface area contributed by atoms with Crippen molar-refractivity contribution >= 4 is 28.8 Å². The molecular weight excluding hydrogens is 232 g/mol.